The second kappa shape index (κ2) is 8.07. The highest BCUT2D eigenvalue weighted by atomic mass is 16.5. The monoisotopic (exact) mass is 240 g/mol. The van der Waals surface area contributed by atoms with Crippen molar-refractivity contribution in [2.24, 2.45) is 11.7 Å². The molecule has 1 atom stereocenters. The van der Waals surface area contributed by atoms with Gasteiger partial charge in [0.05, 0.1) is 19.8 Å². The van der Waals surface area contributed by atoms with E-state index in [0.717, 1.165) is 6.54 Å². The van der Waals surface area contributed by atoms with Crippen LogP contribution >= 0.6 is 0 Å². The fourth-order valence-electron chi connectivity index (χ4n) is 1.75. The summed E-state index contributed by atoms with van der Waals surface area (Å²) in [4.78, 5) is 13.3. The van der Waals surface area contributed by atoms with Gasteiger partial charge in [-0.2, -0.15) is 0 Å². The van der Waals surface area contributed by atoms with Crippen LogP contribution in [-0.4, -0.2) is 56.9 Å². The van der Waals surface area contributed by atoms with Gasteiger partial charge in [-0.15, -0.1) is 6.42 Å². The van der Waals surface area contributed by atoms with Crippen LogP contribution in [0.1, 0.15) is 6.42 Å². The topological polar surface area (TPSA) is 64.8 Å². The van der Waals surface area contributed by atoms with Crippen molar-refractivity contribution in [1.29, 1.82) is 0 Å². The molecule has 17 heavy (non-hydrogen) atoms. The Morgan fingerprint density at radius 1 is 1.41 bits per heavy atom. The Labute approximate surface area is 102 Å². The van der Waals surface area contributed by atoms with Gasteiger partial charge in [0, 0.05) is 19.5 Å². The standard InChI is InChI=1S/C12H20N2O3/c1-2-4-16-6-7-17-5-3-14-10-11(9-13)8-12(14)15/h1,11H,3-10,13H2. The first-order valence-corrected chi connectivity index (χ1v) is 5.84. The van der Waals surface area contributed by atoms with Crippen molar-refractivity contribution >= 4 is 5.91 Å². The summed E-state index contributed by atoms with van der Waals surface area (Å²) in [6, 6.07) is 0. The minimum Gasteiger partial charge on any atom is -0.377 e. The van der Waals surface area contributed by atoms with Crippen LogP contribution in [0.4, 0.5) is 0 Å². The van der Waals surface area contributed by atoms with Gasteiger partial charge in [-0.05, 0) is 12.5 Å². The average molecular weight is 240 g/mol. The number of ether oxygens (including phenoxy) is 2. The van der Waals surface area contributed by atoms with Gasteiger partial charge in [0.2, 0.25) is 5.91 Å². The number of nitrogens with zero attached hydrogens (tertiary/aromatic N) is 1. The number of hydrogen-bond acceptors (Lipinski definition) is 4. The van der Waals surface area contributed by atoms with E-state index >= 15 is 0 Å². The highest BCUT2D eigenvalue weighted by Gasteiger charge is 2.27. The van der Waals surface area contributed by atoms with Crippen LogP contribution in [0.5, 0.6) is 0 Å². The van der Waals surface area contributed by atoms with Crippen molar-refractivity contribution in [2.45, 2.75) is 6.42 Å². The summed E-state index contributed by atoms with van der Waals surface area (Å²) in [6.45, 7) is 3.79. The van der Waals surface area contributed by atoms with E-state index in [1.807, 2.05) is 0 Å². The molecule has 1 amide bonds. The third-order valence-electron chi connectivity index (χ3n) is 2.69. The van der Waals surface area contributed by atoms with Crippen molar-refractivity contribution in [3.63, 3.8) is 0 Å². The number of carbonyl (C=O) groups is 1. The van der Waals surface area contributed by atoms with Gasteiger partial charge >= 0.3 is 0 Å². The molecule has 0 aromatic carbocycles. The molecule has 1 rings (SSSR count). The Morgan fingerprint density at radius 3 is 2.82 bits per heavy atom. The lowest BCUT2D eigenvalue weighted by molar-refractivity contribution is -0.128. The molecule has 0 bridgehead atoms. The highest BCUT2D eigenvalue weighted by molar-refractivity contribution is 5.78. The number of rotatable bonds is 8. The summed E-state index contributed by atoms with van der Waals surface area (Å²) in [5.74, 6) is 2.86. The van der Waals surface area contributed by atoms with Crippen molar-refractivity contribution in [3.8, 4) is 12.3 Å². The first-order chi connectivity index (χ1) is 8.27. The van der Waals surface area contributed by atoms with Crippen molar-refractivity contribution in [3.05, 3.63) is 0 Å². The van der Waals surface area contributed by atoms with Gasteiger partial charge in [0.15, 0.2) is 0 Å². The van der Waals surface area contributed by atoms with E-state index < -0.39 is 0 Å². The quantitative estimate of drug-likeness (QED) is 0.457. The molecule has 1 saturated heterocycles. The molecule has 1 aliphatic rings. The van der Waals surface area contributed by atoms with Gasteiger partial charge in [-0.1, -0.05) is 5.92 Å². The summed E-state index contributed by atoms with van der Waals surface area (Å²) in [5, 5.41) is 0. The zero-order valence-electron chi connectivity index (χ0n) is 10.1. The first-order valence-electron chi connectivity index (χ1n) is 5.84. The largest absolute Gasteiger partial charge is 0.377 e. The molecule has 1 unspecified atom stereocenters. The predicted molar refractivity (Wildman–Crippen MR) is 64.2 cm³/mol. The van der Waals surface area contributed by atoms with E-state index in [0.29, 0.717) is 51.9 Å². The van der Waals surface area contributed by atoms with Crippen LogP contribution in [0, 0.1) is 18.3 Å². The third kappa shape index (κ3) is 5.18. The molecule has 5 heteroatoms. The lowest BCUT2D eigenvalue weighted by Crippen LogP contribution is -2.30. The minimum absolute atomic E-state index is 0.174. The SMILES string of the molecule is C#CCOCCOCCN1CC(CN)CC1=O. The van der Waals surface area contributed by atoms with Crippen LogP contribution in [0.2, 0.25) is 0 Å². The molecule has 1 fully saturated rings. The Morgan fingerprint density at radius 2 is 2.18 bits per heavy atom. The fraction of sp³-hybridized carbons (Fsp3) is 0.750. The van der Waals surface area contributed by atoms with Gasteiger partial charge in [-0.3, -0.25) is 4.79 Å². The zero-order chi connectivity index (χ0) is 12.5. The Hall–Kier alpha value is -1.09. The summed E-state index contributed by atoms with van der Waals surface area (Å²) < 4.78 is 10.4. The van der Waals surface area contributed by atoms with E-state index in [1.165, 1.54) is 0 Å². The zero-order valence-corrected chi connectivity index (χ0v) is 10.1. The number of hydrogen-bond donors (Lipinski definition) is 1. The normalized spacial score (nSPS) is 19.6. The van der Waals surface area contributed by atoms with Gasteiger partial charge < -0.3 is 20.1 Å². The van der Waals surface area contributed by atoms with Crippen molar-refractivity contribution < 1.29 is 14.3 Å². The molecule has 2 N–H and O–H groups in total. The molecule has 1 heterocycles. The Balaban J connectivity index is 2.00. The first kappa shape index (κ1) is 14.0. The maximum Gasteiger partial charge on any atom is 0.223 e. The summed E-state index contributed by atoms with van der Waals surface area (Å²) >= 11 is 0. The molecular formula is C12H20N2O3. The van der Waals surface area contributed by atoms with Crippen LogP contribution in [-0.2, 0) is 14.3 Å². The minimum atomic E-state index is 0.174. The number of terminal acetylenes is 1. The third-order valence-corrected chi connectivity index (χ3v) is 2.69. The molecule has 0 spiro atoms. The summed E-state index contributed by atoms with van der Waals surface area (Å²) in [7, 11) is 0. The van der Waals surface area contributed by atoms with E-state index in [-0.39, 0.29) is 5.91 Å². The molecule has 0 aromatic rings. The summed E-state index contributed by atoms with van der Waals surface area (Å²) in [5.41, 5.74) is 5.54. The second-order valence-corrected chi connectivity index (χ2v) is 4.01. The maximum atomic E-state index is 11.5. The lowest BCUT2D eigenvalue weighted by Gasteiger charge is -2.16. The van der Waals surface area contributed by atoms with E-state index in [1.54, 1.807) is 4.90 Å². The average Bonchev–Trinajstić information content (AvgIpc) is 2.69. The molecule has 0 radical (unpaired) electrons. The fourth-order valence-corrected chi connectivity index (χ4v) is 1.75. The van der Waals surface area contributed by atoms with E-state index in [2.05, 4.69) is 5.92 Å². The van der Waals surface area contributed by atoms with E-state index in [4.69, 9.17) is 21.6 Å². The molecule has 0 saturated carbocycles. The van der Waals surface area contributed by atoms with Gasteiger partial charge in [0.25, 0.3) is 0 Å². The molecule has 1 aliphatic heterocycles. The number of carbonyl (C=O) groups excluding carboxylic acids is 1. The number of nitrogens with two attached hydrogens (primary N) is 1. The Kier molecular flexibility index (Phi) is 6.63. The summed E-state index contributed by atoms with van der Waals surface area (Å²) in [6.07, 6.45) is 5.59. The number of likely N-dealkylation sites (tertiary alicyclic amines) is 1. The highest BCUT2D eigenvalue weighted by Crippen LogP contribution is 2.15. The van der Waals surface area contributed by atoms with Gasteiger partial charge in [-0.25, -0.2) is 0 Å². The lowest BCUT2D eigenvalue weighted by atomic mass is 10.1. The van der Waals surface area contributed by atoms with Crippen LogP contribution in [0.3, 0.4) is 0 Å². The molecule has 5 nitrogen and oxygen atoms in total. The Bertz CT molecular complexity index is 275. The van der Waals surface area contributed by atoms with Crippen molar-refractivity contribution in [2.75, 3.05) is 46.1 Å². The van der Waals surface area contributed by atoms with Gasteiger partial charge in [0.1, 0.15) is 6.61 Å². The number of amides is 1. The predicted octanol–water partition coefficient (Wildman–Crippen LogP) is -0.540. The smallest absolute Gasteiger partial charge is 0.223 e. The maximum absolute atomic E-state index is 11.5. The molecule has 96 valence electrons. The van der Waals surface area contributed by atoms with Crippen LogP contribution in [0.15, 0.2) is 0 Å². The van der Waals surface area contributed by atoms with Crippen LogP contribution < -0.4 is 5.73 Å². The van der Waals surface area contributed by atoms with Crippen molar-refractivity contribution in [1.82, 2.24) is 4.90 Å². The van der Waals surface area contributed by atoms with Crippen LogP contribution in [0.25, 0.3) is 0 Å². The molecule has 0 aromatic heterocycles. The second-order valence-electron chi connectivity index (χ2n) is 4.01. The van der Waals surface area contributed by atoms with E-state index in [9.17, 15) is 4.79 Å². The molecule has 0 aliphatic carbocycles. The molecular weight excluding hydrogens is 220 g/mol.